The normalized spacial score (nSPS) is 14.2. The van der Waals surface area contributed by atoms with Gasteiger partial charge in [0.05, 0.1) is 12.7 Å². The third-order valence-corrected chi connectivity index (χ3v) is 4.62. The number of nitrogens with zero attached hydrogens (tertiary/aromatic N) is 1. The van der Waals surface area contributed by atoms with Crippen molar-refractivity contribution >= 4 is 23.1 Å². The fourth-order valence-corrected chi connectivity index (χ4v) is 2.99. The Morgan fingerprint density at radius 3 is 2.42 bits per heavy atom. The van der Waals surface area contributed by atoms with Gasteiger partial charge >= 0.3 is 0 Å². The molecule has 0 radical (unpaired) electrons. The van der Waals surface area contributed by atoms with Crippen molar-refractivity contribution in [1.29, 1.82) is 0 Å². The number of aryl methyl sites for hydroxylation is 2. The molecular weight excluding hydrogens is 328 g/mol. The number of hydrogen-bond donors (Lipinski definition) is 1. The molecule has 0 saturated carbocycles. The number of carbonyl (C=O) groups is 2. The number of ether oxygens (including phenoxy) is 1. The molecule has 134 valence electrons. The number of rotatable bonds is 5. The van der Waals surface area contributed by atoms with Crippen LogP contribution in [-0.2, 0) is 9.59 Å². The number of anilines is 1. The highest BCUT2D eigenvalue weighted by atomic mass is 16.5. The smallest absolute Gasteiger partial charge is 0.278 e. The molecule has 5 heteroatoms. The number of imide groups is 1. The lowest BCUT2D eigenvalue weighted by Crippen LogP contribution is -2.32. The standard InChI is InChI=1S/C21H22N2O3/c1-5-23-20(24)18(15-10-9-13(2)14(3)11-15)19(21(23)25)22-16-7-6-8-17(12-16)26-4/h6-12,22H,5H2,1-4H3. The highest BCUT2D eigenvalue weighted by Crippen LogP contribution is 2.31. The summed E-state index contributed by atoms with van der Waals surface area (Å²) in [6, 6.07) is 13.1. The zero-order chi connectivity index (χ0) is 18.8. The molecule has 2 aromatic carbocycles. The number of benzene rings is 2. The fraction of sp³-hybridized carbons (Fsp3) is 0.238. The molecule has 0 atom stereocenters. The second kappa shape index (κ2) is 7.04. The van der Waals surface area contributed by atoms with E-state index < -0.39 is 0 Å². The Kier molecular flexibility index (Phi) is 4.80. The molecule has 1 N–H and O–H groups in total. The first-order chi connectivity index (χ1) is 12.5. The van der Waals surface area contributed by atoms with E-state index in [1.165, 1.54) is 4.90 Å². The maximum atomic E-state index is 12.8. The molecule has 2 aromatic rings. The van der Waals surface area contributed by atoms with Crippen LogP contribution in [0.4, 0.5) is 5.69 Å². The molecule has 0 aliphatic carbocycles. The average Bonchev–Trinajstić information content (AvgIpc) is 2.87. The summed E-state index contributed by atoms with van der Waals surface area (Å²) in [5.41, 5.74) is 4.36. The molecule has 3 rings (SSSR count). The summed E-state index contributed by atoms with van der Waals surface area (Å²) in [4.78, 5) is 26.9. The molecule has 1 aliphatic rings. The first-order valence-electron chi connectivity index (χ1n) is 8.55. The largest absolute Gasteiger partial charge is 0.497 e. The number of carbonyl (C=O) groups excluding carboxylic acids is 2. The van der Waals surface area contributed by atoms with Crippen LogP contribution in [0.1, 0.15) is 23.6 Å². The minimum Gasteiger partial charge on any atom is -0.497 e. The summed E-state index contributed by atoms with van der Waals surface area (Å²) in [5.74, 6) is 0.0900. The highest BCUT2D eigenvalue weighted by molar-refractivity contribution is 6.36. The number of methoxy groups -OCH3 is 1. The van der Waals surface area contributed by atoms with E-state index in [0.29, 0.717) is 29.3 Å². The minimum absolute atomic E-state index is 0.272. The zero-order valence-corrected chi connectivity index (χ0v) is 15.4. The van der Waals surface area contributed by atoms with E-state index in [4.69, 9.17) is 4.74 Å². The van der Waals surface area contributed by atoms with E-state index in [-0.39, 0.29) is 11.8 Å². The lowest BCUT2D eigenvalue weighted by Gasteiger charge is -2.12. The van der Waals surface area contributed by atoms with Gasteiger partial charge in [-0.2, -0.15) is 0 Å². The second-order valence-corrected chi connectivity index (χ2v) is 6.26. The van der Waals surface area contributed by atoms with Gasteiger partial charge < -0.3 is 10.1 Å². The van der Waals surface area contributed by atoms with Crippen LogP contribution < -0.4 is 10.1 Å². The quantitative estimate of drug-likeness (QED) is 0.838. The van der Waals surface area contributed by atoms with Crippen LogP contribution >= 0.6 is 0 Å². The Morgan fingerprint density at radius 1 is 1.00 bits per heavy atom. The summed E-state index contributed by atoms with van der Waals surface area (Å²) < 4.78 is 5.23. The molecule has 0 bridgehead atoms. The Morgan fingerprint density at radius 2 is 1.77 bits per heavy atom. The van der Waals surface area contributed by atoms with E-state index >= 15 is 0 Å². The van der Waals surface area contributed by atoms with Gasteiger partial charge in [-0.25, -0.2) is 0 Å². The molecule has 26 heavy (non-hydrogen) atoms. The van der Waals surface area contributed by atoms with Gasteiger partial charge in [-0.1, -0.05) is 24.3 Å². The van der Waals surface area contributed by atoms with Crippen LogP contribution in [0, 0.1) is 13.8 Å². The summed E-state index contributed by atoms with van der Waals surface area (Å²) in [7, 11) is 1.59. The molecule has 1 heterocycles. The van der Waals surface area contributed by atoms with E-state index in [2.05, 4.69) is 5.32 Å². The van der Waals surface area contributed by atoms with Gasteiger partial charge in [0.2, 0.25) is 0 Å². The number of likely N-dealkylation sites (N-methyl/N-ethyl adjacent to an activating group) is 1. The van der Waals surface area contributed by atoms with Gasteiger partial charge in [0.25, 0.3) is 11.8 Å². The van der Waals surface area contributed by atoms with Crippen molar-refractivity contribution in [3.63, 3.8) is 0 Å². The van der Waals surface area contributed by atoms with Crippen molar-refractivity contribution in [3.8, 4) is 5.75 Å². The molecular formula is C21H22N2O3. The van der Waals surface area contributed by atoms with Gasteiger partial charge in [-0.15, -0.1) is 0 Å². The summed E-state index contributed by atoms with van der Waals surface area (Å²) in [6.07, 6.45) is 0. The third-order valence-electron chi connectivity index (χ3n) is 4.62. The Balaban J connectivity index is 2.10. The first-order valence-corrected chi connectivity index (χ1v) is 8.55. The monoisotopic (exact) mass is 350 g/mol. The van der Waals surface area contributed by atoms with E-state index in [1.807, 2.05) is 50.2 Å². The van der Waals surface area contributed by atoms with Gasteiger partial charge in [-0.05, 0) is 49.6 Å². The predicted octanol–water partition coefficient (Wildman–Crippen LogP) is 3.52. The van der Waals surface area contributed by atoms with Crippen molar-refractivity contribution in [2.75, 3.05) is 19.0 Å². The van der Waals surface area contributed by atoms with Gasteiger partial charge in [-0.3, -0.25) is 14.5 Å². The SMILES string of the molecule is CCN1C(=O)C(Nc2cccc(OC)c2)=C(c2ccc(C)c(C)c2)C1=O. The number of nitrogens with one attached hydrogen (secondary N) is 1. The average molecular weight is 350 g/mol. The van der Waals surface area contributed by atoms with Crippen LogP contribution in [0.15, 0.2) is 48.2 Å². The molecule has 0 fully saturated rings. The van der Waals surface area contributed by atoms with Crippen LogP contribution in [-0.4, -0.2) is 30.4 Å². The zero-order valence-electron chi connectivity index (χ0n) is 15.4. The molecule has 0 aromatic heterocycles. The van der Waals surface area contributed by atoms with Crippen LogP contribution in [0.3, 0.4) is 0 Å². The summed E-state index contributed by atoms with van der Waals surface area (Å²) >= 11 is 0. The lowest BCUT2D eigenvalue weighted by atomic mass is 9.99. The fourth-order valence-electron chi connectivity index (χ4n) is 2.99. The summed E-state index contributed by atoms with van der Waals surface area (Å²) in [5, 5.41) is 3.13. The van der Waals surface area contributed by atoms with Crippen LogP contribution in [0.5, 0.6) is 5.75 Å². The first kappa shape index (κ1) is 17.7. The van der Waals surface area contributed by atoms with E-state index in [9.17, 15) is 9.59 Å². The number of hydrogen-bond acceptors (Lipinski definition) is 4. The molecule has 0 saturated heterocycles. The maximum absolute atomic E-state index is 12.8. The van der Waals surface area contributed by atoms with Crippen molar-refractivity contribution in [3.05, 3.63) is 64.9 Å². The molecule has 5 nitrogen and oxygen atoms in total. The van der Waals surface area contributed by atoms with Crippen LogP contribution in [0.2, 0.25) is 0 Å². The third kappa shape index (κ3) is 3.08. The molecule has 0 spiro atoms. The lowest BCUT2D eigenvalue weighted by molar-refractivity contribution is -0.136. The second-order valence-electron chi connectivity index (χ2n) is 6.26. The molecule has 2 amide bonds. The van der Waals surface area contributed by atoms with Crippen molar-refractivity contribution in [2.24, 2.45) is 0 Å². The Bertz CT molecular complexity index is 915. The maximum Gasteiger partial charge on any atom is 0.278 e. The minimum atomic E-state index is -0.312. The number of amides is 2. The van der Waals surface area contributed by atoms with Gasteiger partial charge in [0.1, 0.15) is 11.4 Å². The van der Waals surface area contributed by atoms with E-state index in [1.54, 1.807) is 20.1 Å². The van der Waals surface area contributed by atoms with Gasteiger partial charge in [0.15, 0.2) is 0 Å². The molecule has 0 unspecified atom stereocenters. The van der Waals surface area contributed by atoms with E-state index in [0.717, 1.165) is 16.7 Å². The van der Waals surface area contributed by atoms with Crippen molar-refractivity contribution in [1.82, 2.24) is 4.90 Å². The van der Waals surface area contributed by atoms with Gasteiger partial charge in [0, 0.05) is 18.3 Å². The Hall–Kier alpha value is -3.08. The van der Waals surface area contributed by atoms with Crippen LogP contribution in [0.25, 0.3) is 5.57 Å². The highest BCUT2D eigenvalue weighted by Gasteiger charge is 2.38. The van der Waals surface area contributed by atoms with Crippen molar-refractivity contribution in [2.45, 2.75) is 20.8 Å². The summed E-state index contributed by atoms with van der Waals surface area (Å²) in [6.45, 7) is 6.13. The Labute approximate surface area is 153 Å². The molecule has 1 aliphatic heterocycles. The predicted molar refractivity (Wildman–Crippen MR) is 102 cm³/mol. The topological polar surface area (TPSA) is 58.6 Å². The van der Waals surface area contributed by atoms with Crippen molar-refractivity contribution < 1.29 is 14.3 Å².